The van der Waals surface area contributed by atoms with E-state index in [2.05, 4.69) is 15.2 Å². The molecule has 2 aliphatic heterocycles. The molecular formula is C21H24ClFN4O. The maximum Gasteiger partial charge on any atom is 0.257 e. The molecule has 7 heteroatoms. The molecule has 1 unspecified atom stereocenters. The molecule has 2 aromatic rings. The number of nitrogens with one attached hydrogen (secondary N) is 1. The summed E-state index contributed by atoms with van der Waals surface area (Å²) in [7, 11) is 0. The maximum atomic E-state index is 13.4. The molecule has 2 fully saturated rings. The van der Waals surface area contributed by atoms with Gasteiger partial charge in [-0.25, -0.2) is 9.37 Å². The van der Waals surface area contributed by atoms with Crippen molar-refractivity contribution < 1.29 is 9.18 Å². The minimum atomic E-state index is -0.409. The number of carbonyl (C=O) groups excluding carboxylic acids is 1. The van der Waals surface area contributed by atoms with Gasteiger partial charge in [-0.15, -0.1) is 0 Å². The maximum absolute atomic E-state index is 13.4. The Morgan fingerprint density at radius 2 is 2.00 bits per heavy atom. The van der Waals surface area contributed by atoms with Crippen LogP contribution in [0.5, 0.6) is 0 Å². The third kappa shape index (κ3) is 4.07. The highest BCUT2D eigenvalue weighted by Gasteiger charge is 2.26. The van der Waals surface area contributed by atoms with Gasteiger partial charge < -0.3 is 15.1 Å². The Morgan fingerprint density at radius 3 is 2.79 bits per heavy atom. The average Bonchev–Trinajstić information content (AvgIpc) is 3.19. The van der Waals surface area contributed by atoms with Crippen LogP contribution in [0.15, 0.2) is 36.5 Å². The van der Waals surface area contributed by atoms with Crippen LogP contribution in [-0.2, 0) is 0 Å². The van der Waals surface area contributed by atoms with Crippen molar-refractivity contribution in [1.29, 1.82) is 0 Å². The zero-order valence-corrected chi connectivity index (χ0v) is 16.5. The number of rotatable bonds is 4. The van der Waals surface area contributed by atoms with Crippen LogP contribution in [-0.4, -0.2) is 48.0 Å². The second kappa shape index (κ2) is 8.35. The largest absolute Gasteiger partial charge is 0.369 e. The molecule has 0 spiro atoms. The Morgan fingerprint density at radius 1 is 1.18 bits per heavy atom. The Balaban J connectivity index is 1.45. The van der Waals surface area contributed by atoms with E-state index in [1.807, 2.05) is 17.0 Å². The van der Waals surface area contributed by atoms with Crippen molar-refractivity contribution >= 4 is 29.0 Å². The smallest absolute Gasteiger partial charge is 0.257 e. The number of likely N-dealkylation sites (tertiary alicyclic amines) is 1. The zero-order valence-electron chi connectivity index (χ0n) is 15.7. The van der Waals surface area contributed by atoms with E-state index in [9.17, 15) is 9.18 Å². The van der Waals surface area contributed by atoms with Crippen molar-refractivity contribution in [1.82, 2.24) is 9.88 Å². The predicted octanol–water partition coefficient (Wildman–Crippen LogP) is 4.19. The van der Waals surface area contributed by atoms with Crippen molar-refractivity contribution in [3.8, 4) is 0 Å². The summed E-state index contributed by atoms with van der Waals surface area (Å²) in [5.41, 5.74) is 1.54. The number of amides is 1. The number of hydrogen-bond acceptors (Lipinski definition) is 4. The van der Waals surface area contributed by atoms with Gasteiger partial charge in [0.25, 0.3) is 5.91 Å². The lowest BCUT2D eigenvalue weighted by atomic mass is 10.1. The lowest BCUT2D eigenvalue weighted by Gasteiger charge is -2.27. The van der Waals surface area contributed by atoms with Crippen LogP contribution in [0.25, 0.3) is 0 Å². The van der Waals surface area contributed by atoms with Gasteiger partial charge in [0.1, 0.15) is 11.6 Å². The third-order valence-corrected chi connectivity index (χ3v) is 5.77. The first-order chi connectivity index (χ1) is 13.6. The first kappa shape index (κ1) is 19.0. The molecule has 1 amide bonds. The van der Waals surface area contributed by atoms with Gasteiger partial charge in [-0.05, 0) is 56.0 Å². The second-order valence-electron chi connectivity index (χ2n) is 7.43. The highest BCUT2D eigenvalue weighted by atomic mass is 35.5. The summed E-state index contributed by atoms with van der Waals surface area (Å²) in [4.78, 5) is 21.5. The summed E-state index contributed by atoms with van der Waals surface area (Å²) in [6.07, 6.45) is 5.93. The van der Waals surface area contributed by atoms with Crippen LogP contribution in [0.1, 0.15) is 36.0 Å². The lowest BCUT2D eigenvalue weighted by Crippen LogP contribution is -2.36. The molecule has 0 bridgehead atoms. The number of anilines is 2. The van der Waals surface area contributed by atoms with Gasteiger partial charge in [-0.1, -0.05) is 11.6 Å². The van der Waals surface area contributed by atoms with Crippen molar-refractivity contribution in [2.24, 2.45) is 0 Å². The zero-order chi connectivity index (χ0) is 19.5. The van der Waals surface area contributed by atoms with Crippen LogP contribution in [0.2, 0.25) is 5.02 Å². The molecule has 28 heavy (non-hydrogen) atoms. The summed E-state index contributed by atoms with van der Waals surface area (Å²) in [6.45, 7) is 3.21. The summed E-state index contributed by atoms with van der Waals surface area (Å²) < 4.78 is 13.4. The van der Waals surface area contributed by atoms with E-state index in [0.717, 1.165) is 51.1 Å². The normalized spacial score (nSPS) is 19.7. The highest BCUT2D eigenvalue weighted by molar-refractivity contribution is 6.31. The Bertz CT molecular complexity index is 856. The van der Waals surface area contributed by atoms with Gasteiger partial charge in [0.2, 0.25) is 0 Å². The second-order valence-corrected chi connectivity index (χ2v) is 7.83. The molecular weight excluding hydrogens is 379 g/mol. The summed E-state index contributed by atoms with van der Waals surface area (Å²) in [5.74, 6) is 0.283. The molecule has 1 aromatic carbocycles. The van der Waals surface area contributed by atoms with Crippen molar-refractivity contribution in [3.05, 3.63) is 52.9 Å². The quantitative estimate of drug-likeness (QED) is 0.833. The van der Waals surface area contributed by atoms with E-state index >= 15 is 0 Å². The molecule has 0 saturated carbocycles. The molecule has 2 saturated heterocycles. The van der Waals surface area contributed by atoms with Crippen LogP contribution in [0.3, 0.4) is 0 Å². The molecule has 1 N–H and O–H groups in total. The average molecular weight is 403 g/mol. The van der Waals surface area contributed by atoms with Gasteiger partial charge in [0.05, 0.1) is 10.6 Å². The minimum absolute atomic E-state index is 0.0514. The SMILES string of the molecule is O=C(c1cccnc1NC1CCN(c2ccc(F)c(Cl)c2)C1)N1CCCCC1. The highest BCUT2D eigenvalue weighted by Crippen LogP contribution is 2.27. The van der Waals surface area contributed by atoms with Gasteiger partial charge in [0.15, 0.2) is 0 Å². The fourth-order valence-corrected chi connectivity index (χ4v) is 4.12. The molecule has 1 aromatic heterocycles. The number of halogens is 2. The minimum Gasteiger partial charge on any atom is -0.369 e. The summed E-state index contributed by atoms with van der Waals surface area (Å²) >= 11 is 5.92. The van der Waals surface area contributed by atoms with Crippen LogP contribution in [0.4, 0.5) is 15.9 Å². The number of pyridine rings is 1. The molecule has 3 heterocycles. The van der Waals surface area contributed by atoms with E-state index in [-0.39, 0.29) is 17.0 Å². The molecule has 4 rings (SSSR count). The number of hydrogen-bond donors (Lipinski definition) is 1. The van der Waals surface area contributed by atoms with Gasteiger partial charge >= 0.3 is 0 Å². The predicted molar refractivity (Wildman–Crippen MR) is 110 cm³/mol. The number of benzene rings is 1. The number of aromatic nitrogens is 1. The molecule has 1 atom stereocenters. The van der Waals surface area contributed by atoms with Gasteiger partial charge in [-0.3, -0.25) is 4.79 Å². The Labute approximate surface area is 169 Å². The van der Waals surface area contributed by atoms with Gasteiger partial charge in [-0.2, -0.15) is 0 Å². The fraction of sp³-hybridized carbons (Fsp3) is 0.429. The van der Waals surface area contributed by atoms with E-state index in [1.165, 1.54) is 12.5 Å². The monoisotopic (exact) mass is 402 g/mol. The number of piperidine rings is 1. The Kier molecular flexibility index (Phi) is 5.67. The van der Waals surface area contributed by atoms with Crippen molar-refractivity contribution in [3.63, 3.8) is 0 Å². The first-order valence-corrected chi connectivity index (χ1v) is 10.2. The first-order valence-electron chi connectivity index (χ1n) is 9.82. The topological polar surface area (TPSA) is 48.5 Å². The van der Waals surface area contributed by atoms with Crippen LogP contribution in [0, 0.1) is 5.82 Å². The standard InChI is InChI=1S/C21H24ClFN4O/c22-18-13-16(6-7-19(18)23)27-12-8-15(14-27)25-20-17(5-4-9-24-20)21(28)26-10-2-1-3-11-26/h4-7,9,13,15H,1-3,8,10-12,14H2,(H,24,25). The number of carbonyl (C=O) groups is 1. The molecule has 0 aliphatic carbocycles. The van der Waals surface area contributed by atoms with E-state index in [0.29, 0.717) is 11.4 Å². The van der Waals surface area contributed by atoms with Crippen molar-refractivity contribution in [2.45, 2.75) is 31.7 Å². The van der Waals surface area contributed by atoms with Crippen LogP contribution < -0.4 is 10.2 Å². The van der Waals surface area contributed by atoms with E-state index < -0.39 is 5.82 Å². The lowest BCUT2D eigenvalue weighted by molar-refractivity contribution is 0.0725. The molecule has 0 radical (unpaired) electrons. The number of nitrogens with zero attached hydrogens (tertiary/aromatic N) is 3. The summed E-state index contributed by atoms with van der Waals surface area (Å²) in [5, 5.41) is 3.58. The molecule has 5 nitrogen and oxygen atoms in total. The van der Waals surface area contributed by atoms with Crippen molar-refractivity contribution in [2.75, 3.05) is 36.4 Å². The fourth-order valence-electron chi connectivity index (χ4n) is 3.95. The Hall–Kier alpha value is -2.34. The molecule has 2 aliphatic rings. The van der Waals surface area contributed by atoms with Crippen LogP contribution >= 0.6 is 11.6 Å². The molecule has 148 valence electrons. The van der Waals surface area contributed by atoms with Gasteiger partial charge in [0, 0.05) is 44.1 Å². The third-order valence-electron chi connectivity index (χ3n) is 5.48. The summed E-state index contributed by atoms with van der Waals surface area (Å²) in [6, 6.07) is 8.61. The van der Waals surface area contributed by atoms with E-state index in [4.69, 9.17) is 11.6 Å². The van der Waals surface area contributed by atoms with E-state index in [1.54, 1.807) is 18.3 Å².